The summed E-state index contributed by atoms with van der Waals surface area (Å²) in [5.41, 5.74) is 5.97. The number of aromatic nitrogens is 1. The lowest BCUT2D eigenvalue weighted by Gasteiger charge is -2.18. The number of hydrogen-bond acceptors (Lipinski definition) is 0. The molecule has 1 aromatic heterocycles. The lowest BCUT2D eigenvalue weighted by Crippen LogP contribution is -2.38. The van der Waals surface area contributed by atoms with Crippen LogP contribution in [-0.2, 0) is 7.05 Å². The Morgan fingerprint density at radius 1 is 0.885 bits per heavy atom. The fraction of sp³-hybridized carbons (Fsp3) is 0.348. The van der Waals surface area contributed by atoms with Gasteiger partial charge in [-0.25, -0.2) is 4.39 Å². The molecule has 3 rings (SSSR count). The first kappa shape index (κ1) is 18.8. The van der Waals surface area contributed by atoms with Gasteiger partial charge in [0.15, 0.2) is 5.69 Å². The Morgan fingerprint density at radius 3 is 2.15 bits per heavy atom. The van der Waals surface area contributed by atoms with E-state index in [-0.39, 0.29) is 5.82 Å². The molecular formula is C23H29FNSi+. The fourth-order valence-corrected chi connectivity index (χ4v) is 4.84. The highest BCUT2D eigenvalue weighted by Crippen LogP contribution is 2.32. The van der Waals surface area contributed by atoms with Gasteiger partial charge in [0.25, 0.3) is 0 Å². The summed E-state index contributed by atoms with van der Waals surface area (Å²) >= 11 is 0. The van der Waals surface area contributed by atoms with E-state index in [9.17, 15) is 4.39 Å². The molecule has 0 amide bonds. The highest BCUT2D eigenvalue weighted by Gasteiger charge is 2.24. The third-order valence-corrected chi connectivity index (χ3v) is 7.70. The summed E-state index contributed by atoms with van der Waals surface area (Å²) < 4.78 is 16.6. The van der Waals surface area contributed by atoms with Crippen molar-refractivity contribution in [1.82, 2.24) is 0 Å². The van der Waals surface area contributed by atoms with Crippen LogP contribution in [0.15, 0.2) is 30.3 Å². The quantitative estimate of drug-likeness (QED) is 0.431. The molecule has 3 heteroatoms. The molecule has 0 spiro atoms. The summed E-state index contributed by atoms with van der Waals surface area (Å²) in [5.74, 6) is -0.0909. The second kappa shape index (κ2) is 6.31. The van der Waals surface area contributed by atoms with Crippen LogP contribution in [0.1, 0.15) is 22.4 Å². The molecule has 3 aromatic rings. The van der Waals surface area contributed by atoms with Crippen molar-refractivity contribution in [3.8, 4) is 11.3 Å². The molecule has 0 aliphatic carbocycles. The van der Waals surface area contributed by atoms with Gasteiger partial charge in [-0.3, -0.25) is 0 Å². The molecule has 1 nitrogen and oxygen atoms in total. The first-order valence-electron chi connectivity index (χ1n) is 9.23. The maximum absolute atomic E-state index is 14.4. The average molecular weight is 367 g/mol. The van der Waals surface area contributed by atoms with Crippen molar-refractivity contribution in [3.63, 3.8) is 0 Å². The average Bonchev–Trinajstić information content (AvgIpc) is 2.57. The molecule has 0 atom stereocenters. The second-order valence-electron chi connectivity index (χ2n) is 8.55. The van der Waals surface area contributed by atoms with Gasteiger partial charge in [0, 0.05) is 13.0 Å². The highest BCUT2D eigenvalue weighted by atomic mass is 28.3. The summed E-state index contributed by atoms with van der Waals surface area (Å²) in [6, 6.07) is 11.2. The van der Waals surface area contributed by atoms with Gasteiger partial charge in [0.05, 0.1) is 19.0 Å². The SMILES string of the molecule is Cc1cc(-c2c3ccc([Si](C)(C)C)cc3cc(C)[n+]2C)c(C)c(C)c1F. The van der Waals surface area contributed by atoms with Gasteiger partial charge in [0.2, 0.25) is 5.69 Å². The van der Waals surface area contributed by atoms with Gasteiger partial charge in [0.1, 0.15) is 12.9 Å². The number of halogens is 1. The zero-order chi connectivity index (χ0) is 19.4. The largest absolute Gasteiger partial charge is 0.220 e. The Bertz CT molecular complexity index is 1030. The maximum atomic E-state index is 14.4. The molecule has 0 saturated heterocycles. The number of fused-ring (bicyclic) bond motifs is 1. The minimum Gasteiger partial charge on any atom is -0.206 e. The molecule has 0 aliphatic heterocycles. The normalized spacial score (nSPS) is 12.0. The van der Waals surface area contributed by atoms with E-state index >= 15 is 0 Å². The Kier molecular flexibility index (Phi) is 4.56. The zero-order valence-corrected chi connectivity index (χ0v) is 18.2. The molecule has 26 heavy (non-hydrogen) atoms. The van der Waals surface area contributed by atoms with Crippen molar-refractivity contribution in [2.24, 2.45) is 7.05 Å². The summed E-state index contributed by atoms with van der Waals surface area (Å²) in [5, 5.41) is 3.97. The van der Waals surface area contributed by atoms with Gasteiger partial charge >= 0.3 is 0 Å². The zero-order valence-electron chi connectivity index (χ0n) is 17.2. The van der Waals surface area contributed by atoms with Crippen LogP contribution in [0.2, 0.25) is 19.6 Å². The van der Waals surface area contributed by atoms with E-state index < -0.39 is 8.07 Å². The minimum absolute atomic E-state index is 0.0909. The third-order valence-electron chi connectivity index (χ3n) is 5.66. The predicted molar refractivity (Wildman–Crippen MR) is 112 cm³/mol. The molecule has 0 unspecified atom stereocenters. The summed E-state index contributed by atoms with van der Waals surface area (Å²) in [7, 11) is 0.730. The molecule has 2 aromatic carbocycles. The lowest BCUT2D eigenvalue weighted by molar-refractivity contribution is -0.665. The van der Waals surface area contributed by atoms with E-state index in [0.29, 0.717) is 5.56 Å². The topological polar surface area (TPSA) is 3.88 Å². The molecule has 136 valence electrons. The van der Waals surface area contributed by atoms with Crippen molar-refractivity contribution in [3.05, 3.63) is 58.5 Å². The smallest absolute Gasteiger partial charge is 0.206 e. The van der Waals surface area contributed by atoms with Gasteiger partial charge in [-0.2, -0.15) is 4.57 Å². The molecule has 0 bridgehead atoms. The molecule has 0 fully saturated rings. The standard InChI is InChI=1S/C23H29FNSi/c1-14-11-21(16(3)17(4)22(14)24)23-20-10-9-19(26(6,7)8)13-18(20)12-15(2)25(23)5/h9-13H,1-8H3/q+1. The van der Waals surface area contributed by atoms with E-state index in [1.54, 1.807) is 0 Å². The van der Waals surface area contributed by atoms with Gasteiger partial charge < -0.3 is 0 Å². The van der Waals surface area contributed by atoms with E-state index in [1.807, 2.05) is 26.8 Å². The predicted octanol–water partition coefficient (Wildman–Crippen LogP) is 5.25. The Labute approximate surface area is 157 Å². The highest BCUT2D eigenvalue weighted by molar-refractivity contribution is 6.88. The number of pyridine rings is 1. The first-order chi connectivity index (χ1) is 12.0. The van der Waals surface area contributed by atoms with Crippen LogP contribution >= 0.6 is 0 Å². The minimum atomic E-state index is -1.37. The second-order valence-corrected chi connectivity index (χ2v) is 13.6. The van der Waals surface area contributed by atoms with E-state index in [1.165, 1.54) is 27.3 Å². The van der Waals surface area contributed by atoms with Gasteiger partial charge in [-0.05, 0) is 55.0 Å². The van der Waals surface area contributed by atoms with E-state index in [0.717, 1.165) is 16.7 Å². The molecule has 0 radical (unpaired) electrons. The summed E-state index contributed by atoms with van der Waals surface area (Å²) in [4.78, 5) is 0. The van der Waals surface area contributed by atoms with Crippen LogP contribution in [-0.4, -0.2) is 8.07 Å². The van der Waals surface area contributed by atoms with Gasteiger partial charge in [-0.1, -0.05) is 37.0 Å². The Hall–Kier alpha value is -2.00. The van der Waals surface area contributed by atoms with Crippen LogP contribution in [0.3, 0.4) is 0 Å². The van der Waals surface area contributed by atoms with Crippen LogP contribution in [0.25, 0.3) is 22.0 Å². The van der Waals surface area contributed by atoms with E-state index in [4.69, 9.17) is 0 Å². The molecule has 0 aliphatic rings. The first-order valence-corrected chi connectivity index (χ1v) is 12.7. The van der Waals surface area contributed by atoms with Crippen LogP contribution in [0, 0.1) is 33.5 Å². The van der Waals surface area contributed by atoms with Crippen LogP contribution in [0.5, 0.6) is 0 Å². The monoisotopic (exact) mass is 366 g/mol. The Morgan fingerprint density at radius 2 is 1.54 bits per heavy atom. The fourth-order valence-electron chi connectivity index (χ4n) is 3.67. The number of nitrogens with zero attached hydrogens (tertiary/aromatic N) is 1. The molecule has 1 heterocycles. The summed E-state index contributed by atoms with van der Waals surface area (Å²) in [6.07, 6.45) is 0. The maximum Gasteiger partial charge on any atom is 0.220 e. The number of hydrogen-bond donors (Lipinski definition) is 0. The van der Waals surface area contributed by atoms with Crippen molar-refractivity contribution >= 4 is 24.0 Å². The number of benzene rings is 2. The van der Waals surface area contributed by atoms with Crippen LogP contribution < -0.4 is 9.75 Å². The molecule has 0 saturated carbocycles. The third kappa shape index (κ3) is 2.99. The van der Waals surface area contributed by atoms with Crippen molar-refractivity contribution in [1.29, 1.82) is 0 Å². The molecule has 0 N–H and O–H groups in total. The van der Waals surface area contributed by atoms with Crippen molar-refractivity contribution < 1.29 is 8.96 Å². The van der Waals surface area contributed by atoms with Gasteiger partial charge in [-0.15, -0.1) is 0 Å². The van der Waals surface area contributed by atoms with Crippen LogP contribution in [0.4, 0.5) is 4.39 Å². The van der Waals surface area contributed by atoms with E-state index in [2.05, 4.69) is 62.4 Å². The van der Waals surface area contributed by atoms with Crippen molar-refractivity contribution in [2.75, 3.05) is 0 Å². The summed E-state index contributed by atoms with van der Waals surface area (Å²) in [6.45, 7) is 15.0. The Balaban J connectivity index is 2.42. The number of aryl methyl sites for hydroxylation is 2. The lowest BCUT2D eigenvalue weighted by atomic mass is 9.93. The van der Waals surface area contributed by atoms with Crippen molar-refractivity contribution in [2.45, 2.75) is 47.3 Å². The molecular weight excluding hydrogens is 337 g/mol. The number of rotatable bonds is 2.